The summed E-state index contributed by atoms with van der Waals surface area (Å²) in [5, 5.41) is 4.01. The van der Waals surface area contributed by atoms with Gasteiger partial charge in [-0.15, -0.1) is 0 Å². The van der Waals surface area contributed by atoms with Crippen LogP contribution in [0.15, 0.2) is 18.2 Å². The van der Waals surface area contributed by atoms with Crippen molar-refractivity contribution in [1.29, 1.82) is 0 Å². The van der Waals surface area contributed by atoms with E-state index in [1.807, 2.05) is 5.32 Å². The first-order chi connectivity index (χ1) is 11.0. The minimum atomic E-state index is -4.99. The molecule has 1 rings (SSSR count). The largest absolute Gasteiger partial charge is 0.416 e. The zero-order chi connectivity index (χ0) is 18.4. The molecule has 24 heavy (non-hydrogen) atoms. The molecule has 2 N–H and O–H groups in total. The van der Waals surface area contributed by atoms with Crippen LogP contribution in [0.1, 0.15) is 11.1 Å². The van der Waals surface area contributed by atoms with Gasteiger partial charge >= 0.3 is 18.4 Å². The molecule has 0 aliphatic carbocycles. The smallest absolute Gasteiger partial charge is 0.382 e. The van der Waals surface area contributed by atoms with Crippen molar-refractivity contribution < 1.29 is 40.6 Å². The summed E-state index contributed by atoms with van der Waals surface area (Å²) in [4.78, 5) is 11.5. The van der Waals surface area contributed by atoms with Crippen molar-refractivity contribution in [1.82, 2.24) is 5.32 Å². The average molecular weight is 360 g/mol. The highest BCUT2D eigenvalue weighted by molar-refractivity contribution is 5.89. The van der Waals surface area contributed by atoms with Gasteiger partial charge in [-0.1, -0.05) is 0 Å². The fraction of sp³-hybridized carbons (Fsp3) is 0.462. The fourth-order valence-electron chi connectivity index (χ4n) is 1.53. The Labute approximate surface area is 132 Å². The summed E-state index contributed by atoms with van der Waals surface area (Å²) in [7, 11) is 1.43. The van der Waals surface area contributed by atoms with E-state index < -0.39 is 35.2 Å². The van der Waals surface area contributed by atoms with Crippen molar-refractivity contribution in [2.45, 2.75) is 12.4 Å². The number of rotatable bonds is 6. The molecule has 1 aromatic rings. The van der Waals surface area contributed by atoms with Crippen LogP contribution in [0.25, 0.3) is 0 Å². The molecule has 2 amide bonds. The zero-order valence-corrected chi connectivity index (χ0v) is 12.3. The van der Waals surface area contributed by atoms with Gasteiger partial charge in [0.1, 0.15) is 6.73 Å². The second kappa shape index (κ2) is 8.20. The summed E-state index contributed by atoms with van der Waals surface area (Å²) in [5.41, 5.74) is -3.69. The maximum Gasteiger partial charge on any atom is 0.416 e. The minimum Gasteiger partial charge on any atom is -0.382 e. The Balaban J connectivity index is 2.81. The van der Waals surface area contributed by atoms with E-state index in [1.165, 1.54) is 7.11 Å². The molecule has 0 spiro atoms. The van der Waals surface area contributed by atoms with E-state index in [0.717, 1.165) is 0 Å². The van der Waals surface area contributed by atoms with Crippen LogP contribution in [0.4, 0.5) is 36.8 Å². The maximum atomic E-state index is 12.7. The second-order valence-electron chi connectivity index (χ2n) is 4.47. The van der Waals surface area contributed by atoms with Crippen LogP contribution < -0.4 is 10.6 Å². The van der Waals surface area contributed by atoms with Gasteiger partial charge in [-0.2, -0.15) is 26.3 Å². The summed E-state index contributed by atoms with van der Waals surface area (Å²) >= 11 is 0. The number of nitrogens with one attached hydrogen (secondary N) is 2. The number of alkyl halides is 6. The van der Waals surface area contributed by atoms with Gasteiger partial charge < -0.3 is 20.1 Å². The third-order valence-electron chi connectivity index (χ3n) is 2.61. The van der Waals surface area contributed by atoms with Gasteiger partial charge in [-0.3, -0.25) is 0 Å². The van der Waals surface area contributed by atoms with E-state index >= 15 is 0 Å². The molecule has 0 fully saturated rings. The SMILES string of the molecule is COCCOCNC(=O)Nc1cc(C(F)(F)F)cc(C(F)(F)F)c1. The lowest BCUT2D eigenvalue weighted by Gasteiger charge is -2.15. The van der Waals surface area contributed by atoms with Crippen molar-refractivity contribution in [2.75, 3.05) is 32.4 Å². The van der Waals surface area contributed by atoms with Crippen LogP contribution in [0.2, 0.25) is 0 Å². The minimum absolute atomic E-state index is 0.0308. The van der Waals surface area contributed by atoms with Crippen molar-refractivity contribution in [3.05, 3.63) is 29.3 Å². The van der Waals surface area contributed by atoms with Crippen molar-refractivity contribution in [2.24, 2.45) is 0 Å². The van der Waals surface area contributed by atoms with E-state index in [2.05, 4.69) is 10.1 Å². The molecule has 1 aromatic carbocycles. The van der Waals surface area contributed by atoms with Crippen molar-refractivity contribution >= 4 is 11.7 Å². The molecule has 0 heterocycles. The van der Waals surface area contributed by atoms with Gasteiger partial charge in [0.15, 0.2) is 0 Å². The van der Waals surface area contributed by atoms with Crippen LogP contribution >= 0.6 is 0 Å². The lowest BCUT2D eigenvalue weighted by Crippen LogP contribution is -2.31. The molecular weight excluding hydrogens is 346 g/mol. The molecule has 0 aromatic heterocycles. The van der Waals surface area contributed by atoms with E-state index in [4.69, 9.17) is 4.74 Å². The van der Waals surface area contributed by atoms with Crippen LogP contribution in [0, 0.1) is 0 Å². The van der Waals surface area contributed by atoms with Gasteiger partial charge in [0.05, 0.1) is 24.3 Å². The number of ether oxygens (including phenoxy) is 2. The summed E-state index contributed by atoms with van der Waals surface area (Å²) in [6.07, 6.45) is -9.98. The van der Waals surface area contributed by atoms with Crippen LogP contribution in [-0.2, 0) is 21.8 Å². The van der Waals surface area contributed by atoms with Crippen molar-refractivity contribution in [3.8, 4) is 0 Å². The van der Waals surface area contributed by atoms with Gasteiger partial charge in [-0.05, 0) is 18.2 Å². The number of carbonyl (C=O) groups excluding carboxylic acids is 1. The molecule has 0 saturated heterocycles. The van der Waals surface area contributed by atoms with E-state index in [9.17, 15) is 31.1 Å². The number of hydrogen-bond acceptors (Lipinski definition) is 3. The van der Waals surface area contributed by atoms with Gasteiger partial charge in [0, 0.05) is 12.8 Å². The first-order valence-corrected chi connectivity index (χ1v) is 6.45. The van der Waals surface area contributed by atoms with Crippen molar-refractivity contribution in [3.63, 3.8) is 0 Å². The average Bonchev–Trinajstić information content (AvgIpc) is 2.45. The second-order valence-corrected chi connectivity index (χ2v) is 4.47. The number of methoxy groups -OCH3 is 1. The topological polar surface area (TPSA) is 59.6 Å². The molecule has 11 heteroatoms. The lowest BCUT2D eigenvalue weighted by molar-refractivity contribution is -0.143. The normalized spacial score (nSPS) is 12.1. The summed E-state index contributed by atoms with van der Waals surface area (Å²) < 4.78 is 85.6. The molecule has 5 nitrogen and oxygen atoms in total. The predicted octanol–water partition coefficient (Wildman–Crippen LogP) is 3.47. The Bertz CT molecular complexity index is 527. The van der Waals surface area contributed by atoms with E-state index in [1.54, 1.807) is 0 Å². The molecule has 0 unspecified atom stereocenters. The van der Waals surface area contributed by atoms with Crippen LogP contribution in [0.3, 0.4) is 0 Å². The lowest BCUT2D eigenvalue weighted by atomic mass is 10.1. The number of benzene rings is 1. The Morgan fingerprint density at radius 2 is 1.54 bits per heavy atom. The third-order valence-corrected chi connectivity index (χ3v) is 2.61. The number of hydrogen-bond donors (Lipinski definition) is 2. The fourth-order valence-corrected chi connectivity index (χ4v) is 1.53. The molecule has 0 aliphatic rings. The number of carbonyl (C=O) groups is 1. The number of halogens is 6. The summed E-state index contributed by atoms with van der Waals surface area (Å²) in [6.45, 7) is 0.116. The Morgan fingerprint density at radius 1 is 1.00 bits per heavy atom. The molecule has 0 aliphatic heterocycles. The Morgan fingerprint density at radius 3 is 2.00 bits per heavy atom. The highest BCUT2D eigenvalue weighted by Crippen LogP contribution is 2.37. The Kier molecular flexibility index (Phi) is 6.84. The Hall–Kier alpha value is -2.01. The molecule has 136 valence electrons. The maximum absolute atomic E-state index is 12.7. The zero-order valence-electron chi connectivity index (χ0n) is 12.3. The highest BCUT2D eigenvalue weighted by Gasteiger charge is 2.37. The van der Waals surface area contributed by atoms with Crippen LogP contribution in [0.5, 0.6) is 0 Å². The molecular formula is C13H14F6N2O3. The van der Waals surface area contributed by atoms with Crippen LogP contribution in [-0.4, -0.2) is 33.1 Å². The number of amides is 2. The summed E-state index contributed by atoms with van der Waals surface area (Å²) in [6, 6.07) is -0.238. The monoisotopic (exact) mass is 360 g/mol. The first-order valence-electron chi connectivity index (χ1n) is 6.45. The molecule has 0 bridgehead atoms. The standard InChI is InChI=1S/C13H14F6N2O3/c1-23-2-3-24-7-20-11(22)21-10-5-8(12(14,15)16)4-9(6-10)13(17,18)19/h4-6H,2-3,7H2,1H3,(H2,20,21,22). The van der Waals surface area contributed by atoms with Gasteiger partial charge in [0.2, 0.25) is 0 Å². The number of urea groups is 1. The molecule has 0 saturated carbocycles. The number of anilines is 1. The molecule has 0 radical (unpaired) electrons. The predicted molar refractivity (Wildman–Crippen MR) is 71.3 cm³/mol. The quantitative estimate of drug-likeness (QED) is 0.464. The third kappa shape index (κ3) is 6.62. The van der Waals surface area contributed by atoms with E-state index in [0.29, 0.717) is 12.1 Å². The van der Waals surface area contributed by atoms with E-state index in [-0.39, 0.29) is 26.0 Å². The van der Waals surface area contributed by atoms with Gasteiger partial charge in [-0.25, -0.2) is 4.79 Å². The summed E-state index contributed by atoms with van der Waals surface area (Å²) in [5.74, 6) is 0. The highest BCUT2D eigenvalue weighted by atomic mass is 19.4. The molecule has 0 atom stereocenters. The van der Waals surface area contributed by atoms with Gasteiger partial charge in [0.25, 0.3) is 0 Å². The first kappa shape index (κ1) is 20.0.